The molecule has 1 aromatic heterocycles. The number of unbranched alkanes of at least 4 members (excludes halogenated alkanes) is 2. The largest absolute Gasteiger partial charge is 0.396 e. The van der Waals surface area contributed by atoms with Crippen molar-refractivity contribution in [2.45, 2.75) is 19.3 Å². The molecule has 1 aromatic carbocycles. The summed E-state index contributed by atoms with van der Waals surface area (Å²) in [4.78, 5) is 21.4. The van der Waals surface area contributed by atoms with Gasteiger partial charge in [-0.05, 0) is 43.5 Å². The van der Waals surface area contributed by atoms with Gasteiger partial charge < -0.3 is 20.6 Å². The fraction of sp³-hybridized carbons (Fsp3) is 0.316. The number of carbonyl (C=O) groups is 1. The first kappa shape index (κ1) is 21.6. The number of amides is 1. The topological polar surface area (TPSA) is 90.4 Å². The molecule has 0 radical (unpaired) electrons. The molecule has 0 bridgehead atoms. The number of nitrogens with zero attached hydrogens (tertiary/aromatic N) is 3. The molecule has 9 heteroatoms. The minimum atomic E-state index is -0.537. The molecule has 0 unspecified atom stereocenters. The minimum absolute atomic E-state index is 0.103. The number of halogens is 2. The summed E-state index contributed by atoms with van der Waals surface area (Å²) < 4.78 is 14.1. The molecule has 2 rings (SSSR count). The highest BCUT2D eigenvalue weighted by Gasteiger charge is 2.14. The fourth-order valence-electron chi connectivity index (χ4n) is 2.40. The van der Waals surface area contributed by atoms with E-state index >= 15 is 0 Å². The third kappa shape index (κ3) is 5.90. The quantitative estimate of drug-likeness (QED) is 0.410. The number of aromatic nitrogens is 2. The molecule has 0 aliphatic rings. The lowest BCUT2D eigenvalue weighted by Crippen LogP contribution is -2.24. The average molecular weight is 408 g/mol. The zero-order chi connectivity index (χ0) is 20.5. The molecule has 7 nitrogen and oxygen atoms in total. The SMILES string of the molecule is C=CC(=O)N(C)c1cc(Nc2ncc(Cl)c(NCCCCCO)n2)ccc1F. The monoisotopic (exact) mass is 407 g/mol. The van der Waals surface area contributed by atoms with Crippen LogP contribution in [0.5, 0.6) is 0 Å². The van der Waals surface area contributed by atoms with Crippen molar-refractivity contribution in [3.05, 3.63) is 47.9 Å². The van der Waals surface area contributed by atoms with Crippen molar-refractivity contribution in [3.63, 3.8) is 0 Å². The van der Waals surface area contributed by atoms with Crippen molar-refractivity contribution in [2.24, 2.45) is 0 Å². The van der Waals surface area contributed by atoms with Crippen molar-refractivity contribution in [1.29, 1.82) is 0 Å². The maximum absolute atomic E-state index is 14.1. The van der Waals surface area contributed by atoms with E-state index in [9.17, 15) is 9.18 Å². The second kappa shape index (κ2) is 10.6. The molecule has 2 aromatic rings. The second-order valence-corrected chi connectivity index (χ2v) is 6.40. The van der Waals surface area contributed by atoms with Crippen LogP contribution in [-0.2, 0) is 4.79 Å². The van der Waals surface area contributed by atoms with Gasteiger partial charge in [0.25, 0.3) is 0 Å². The van der Waals surface area contributed by atoms with Gasteiger partial charge in [0.1, 0.15) is 16.7 Å². The molecule has 0 saturated heterocycles. The van der Waals surface area contributed by atoms with Crippen LogP contribution in [-0.4, -0.2) is 41.2 Å². The Morgan fingerprint density at radius 2 is 2.18 bits per heavy atom. The molecule has 28 heavy (non-hydrogen) atoms. The van der Waals surface area contributed by atoms with E-state index in [1.54, 1.807) is 0 Å². The van der Waals surface area contributed by atoms with Crippen LogP contribution in [0.15, 0.2) is 37.1 Å². The first-order chi connectivity index (χ1) is 13.5. The van der Waals surface area contributed by atoms with Gasteiger partial charge in [0, 0.05) is 25.9 Å². The van der Waals surface area contributed by atoms with Gasteiger partial charge in [-0.3, -0.25) is 4.79 Å². The van der Waals surface area contributed by atoms with Crippen molar-refractivity contribution in [1.82, 2.24) is 9.97 Å². The first-order valence-corrected chi connectivity index (χ1v) is 9.18. The van der Waals surface area contributed by atoms with Crippen LogP contribution >= 0.6 is 11.6 Å². The summed E-state index contributed by atoms with van der Waals surface area (Å²) >= 11 is 6.12. The Hall–Kier alpha value is -2.71. The Kier molecular flexibility index (Phi) is 8.16. The van der Waals surface area contributed by atoms with E-state index in [2.05, 4.69) is 27.2 Å². The molecule has 0 spiro atoms. The average Bonchev–Trinajstić information content (AvgIpc) is 2.70. The molecular formula is C19H23ClFN5O2. The van der Waals surface area contributed by atoms with E-state index in [0.717, 1.165) is 30.2 Å². The van der Waals surface area contributed by atoms with Crippen LogP contribution in [0.1, 0.15) is 19.3 Å². The van der Waals surface area contributed by atoms with Gasteiger partial charge in [0.05, 0.1) is 11.9 Å². The number of nitrogens with one attached hydrogen (secondary N) is 2. The third-order valence-corrected chi connectivity index (χ3v) is 4.22. The summed E-state index contributed by atoms with van der Waals surface area (Å²) in [6, 6.07) is 4.25. The first-order valence-electron chi connectivity index (χ1n) is 8.80. The lowest BCUT2D eigenvalue weighted by atomic mass is 10.2. The van der Waals surface area contributed by atoms with E-state index in [1.807, 2.05) is 0 Å². The van der Waals surface area contributed by atoms with Crippen LogP contribution in [0.2, 0.25) is 5.02 Å². The zero-order valence-electron chi connectivity index (χ0n) is 15.6. The number of anilines is 4. The maximum atomic E-state index is 14.1. The number of aliphatic hydroxyl groups excluding tert-OH is 1. The molecule has 0 aliphatic carbocycles. The summed E-state index contributed by atoms with van der Waals surface area (Å²) in [5, 5.41) is 15.3. The molecule has 0 fully saturated rings. The molecule has 1 heterocycles. The Morgan fingerprint density at radius 1 is 1.39 bits per heavy atom. The van der Waals surface area contributed by atoms with Crippen molar-refractivity contribution < 1.29 is 14.3 Å². The van der Waals surface area contributed by atoms with Crippen molar-refractivity contribution in [2.75, 3.05) is 35.7 Å². The molecular weight excluding hydrogens is 385 g/mol. The molecule has 1 amide bonds. The molecule has 0 aliphatic heterocycles. The number of aliphatic hydroxyl groups is 1. The number of hydrogen-bond acceptors (Lipinski definition) is 6. The third-order valence-electron chi connectivity index (χ3n) is 3.94. The summed E-state index contributed by atoms with van der Waals surface area (Å²) in [6.07, 6.45) is 5.09. The lowest BCUT2D eigenvalue weighted by molar-refractivity contribution is -0.113. The van der Waals surface area contributed by atoms with Crippen molar-refractivity contribution >= 4 is 40.6 Å². The summed E-state index contributed by atoms with van der Waals surface area (Å²) in [5.74, 6) is -0.209. The van der Waals surface area contributed by atoms with E-state index < -0.39 is 11.7 Å². The van der Waals surface area contributed by atoms with E-state index in [0.29, 0.717) is 23.1 Å². The summed E-state index contributed by atoms with van der Waals surface area (Å²) in [5.41, 5.74) is 0.613. The minimum Gasteiger partial charge on any atom is -0.396 e. The van der Waals surface area contributed by atoms with E-state index in [4.69, 9.17) is 16.7 Å². The van der Waals surface area contributed by atoms with E-state index in [1.165, 1.54) is 31.4 Å². The normalized spacial score (nSPS) is 10.4. The van der Waals surface area contributed by atoms with Crippen LogP contribution in [0.25, 0.3) is 0 Å². The lowest BCUT2D eigenvalue weighted by Gasteiger charge is -2.17. The van der Waals surface area contributed by atoms with Gasteiger partial charge in [-0.1, -0.05) is 18.2 Å². The zero-order valence-corrected chi connectivity index (χ0v) is 16.3. The predicted molar refractivity (Wildman–Crippen MR) is 110 cm³/mol. The standard InChI is InChI=1S/C19H23ClFN5O2/c1-3-17(28)26(2)16-11-13(7-8-15(16)21)24-19-23-12-14(20)18(25-19)22-9-5-4-6-10-27/h3,7-8,11-12,27H,1,4-6,9-10H2,2H3,(H2,22,23,24,25). The van der Waals surface area contributed by atoms with E-state index in [-0.39, 0.29) is 18.2 Å². The Morgan fingerprint density at radius 3 is 2.89 bits per heavy atom. The maximum Gasteiger partial charge on any atom is 0.250 e. The number of carbonyl (C=O) groups excluding carboxylic acids is 1. The van der Waals surface area contributed by atoms with Gasteiger partial charge in [0.2, 0.25) is 11.9 Å². The van der Waals surface area contributed by atoms with Crippen LogP contribution in [0, 0.1) is 5.82 Å². The van der Waals surface area contributed by atoms with Crippen LogP contribution < -0.4 is 15.5 Å². The summed E-state index contributed by atoms with van der Waals surface area (Å²) in [7, 11) is 1.46. The van der Waals surface area contributed by atoms with Gasteiger partial charge in [-0.25, -0.2) is 9.37 Å². The highest BCUT2D eigenvalue weighted by atomic mass is 35.5. The number of rotatable bonds is 10. The Labute approximate surface area is 168 Å². The van der Waals surface area contributed by atoms with Crippen molar-refractivity contribution in [3.8, 4) is 0 Å². The van der Waals surface area contributed by atoms with Crippen LogP contribution in [0.3, 0.4) is 0 Å². The molecule has 150 valence electrons. The second-order valence-electron chi connectivity index (χ2n) is 5.99. The number of benzene rings is 1. The predicted octanol–water partition coefficient (Wildman–Crippen LogP) is 3.74. The fourth-order valence-corrected chi connectivity index (χ4v) is 2.56. The Bertz CT molecular complexity index is 834. The smallest absolute Gasteiger partial charge is 0.250 e. The highest BCUT2D eigenvalue weighted by Crippen LogP contribution is 2.26. The number of likely N-dealkylation sites (N-methyl/N-ethyl adjacent to an activating group) is 1. The van der Waals surface area contributed by atoms with Crippen LogP contribution in [0.4, 0.5) is 27.5 Å². The van der Waals surface area contributed by atoms with Gasteiger partial charge >= 0.3 is 0 Å². The molecule has 3 N–H and O–H groups in total. The summed E-state index contributed by atoms with van der Waals surface area (Å²) in [6.45, 7) is 4.24. The van der Waals surface area contributed by atoms with Gasteiger partial charge in [-0.15, -0.1) is 0 Å². The molecule has 0 atom stereocenters. The number of hydrogen-bond donors (Lipinski definition) is 3. The van der Waals surface area contributed by atoms with Gasteiger partial charge in [-0.2, -0.15) is 4.98 Å². The molecule has 0 saturated carbocycles. The van der Waals surface area contributed by atoms with Gasteiger partial charge in [0.15, 0.2) is 0 Å². The Balaban J connectivity index is 2.11. The highest BCUT2D eigenvalue weighted by molar-refractivity contribution is 6.32.